The largest absolute Gasteiger partial charge is 0.357 e. The lowest BCUT2D eigenvalue weighted by atomic mass is 9.96. The Morgan fingerprint density at radius 3 is 2.70 bits per heavy atom. The van der Waals surface area contributed by atoms with E-state index in [-0.39, 0.29) is 11.8 Å². The van der Waals surface area contributed by atoms with Gasteiger partial charge in [-0.05, 0) is 25.0 Å². The maximum atomic E-state index is 12.3. The van der Waals surface area contributed by atoms with E-state index in [0.717, 1.165) is 37.4 Å². The van der Waals surface area contributed by atoms with E-state index < -0.39 is 0 Å². The van der Waals surface area contributed by atoms with Crippen LogP contribution >= 0.6 is 0 Å². The Kier molecular flexibility index (Phi) is 4.24. The molecule has 0 bridgehead atoms. The van der Waals surface area contributed by atoms with Gasteiger partial charge >= 0.3 is 0 Å². The Bertz CT molecular complexity index is 722. The predicted molar refractivity (Wildman–Crippen MR) is 85.7 cm³/mol. The van der Waals surface area contributed by atoms with E-state index in [1.54, 1.807) is 29.3 Å². The van der Waals surface area contributed by atoms with Crippen LogP contribution in [0.15, 0.2) is 30.7 Å². The second-order valence-electron chi connectivity index (χ2n) is 5.67. The maximum absolute atomic E-state index is 12.3. The molecular weight excluding hydrogens is 292 g/mol. The number of nitriles is 1. The summed E-state index contributed by atoms with van der Waals surface area (Å²) in [6.45, 7) is 1.56. The second kappa shape index (κ2) is 6.48. The molecule has 2 aromatic heterocycles. The standard InChI is InChI=1S/C16H18N6O/c1-21-11-14(10-19-21)20-16(23)13-4-6-22(7-5-13)15-3-2-12(8-17)9-18-15/h2-3,9-11,13H,4-7H2,1H3,(H,20,23). The number of hydrogen-bond donors (Lipinski definition) is 1. The van der Waals surface area contributed by atoms with Crippen LogP contribution in [0.1, 0.15) is 18.4 Å². The van der Waals surface area contributed by atoms with Crippen molar-refractivity contribution in [3.8, 4) is 6.07 Å². The molecule has 0 atom stereocenters. The Morgan fingerprint density at radius 1 is 1.35 bits per heavy atom. The van der Waals surface area contributed by atoms with Gasteiger partial charge in [-0.1, -0.05) is 0 Å². The van der Waals surface area contributed by atoms with E-state index in [2.05, 4.69) is 26.4 Å². The predicted octanol–water partition coefficient (Wildman–Crippen LogP) is 1.54. The highest BCUT2D eigenvalue weighted by molar-refractivity contribution is 5.92. The summed E-state index contributed by atoms with van der Waals surface area (Å²) in [6.07, 6.45) is 6.58. The van der Waals surface area contributed by atoms with Gasteiger partial charge in [-0.3, -0.25) is 9.48 Å². The zero-order chi connectivity index (χ0) is 16.2. The number of aryl methyl sites for hydroxylation is 1. The molecule has 1 N–H and O–H groups in total. The van der Waals surface area contributed by atoms with Gasteiger partial charge in [-0.25, -0.2) is 4.98 Å². The molecule has 3 rings (SSSR count). The van der Waals surface area contributed by atoms with Gasteiger partial charge in [0.1, 0.15) is 11.9 Å². The molecule has 1 fully saturated rings. The fourth-order valence-electron chi connectivity index (χ4n) is 2.74. The molecule has 1 aliphatic heterocycles. The normalized spacial score (nSPS) is 15.2. The van der Waals surface area contributed by atoms with Crippen molar-refractivity contribution in [2.24, 2.45) is 13.0 Å². The highest BCUT2D eigenvalue weighted by Crippen LogP contribution is 2.23. The molecule has 0 unspecified atom stereocenters. The summed E-state index contributed by atoms with van der Waals surface area (Å²) in [4.78, 5) is 18.7. The Labute approximate surface area is 134 Å². The van der Waals surface area contributed by atoms with Gasteiger partial charge < -0.3 is 10.2 Å². The molecule has 7 nitrogen and oxygen atoms in total. The summed E-state index contributed by atoms with van der Waals surface area (Å²) in [6, 6.07) is 5.69. The number of rotatable bonds is 3. The van der Waals surface area contributed by atoms with Crippen molar-refractivity contribution in [2.45, 2.75) is 12.8 Å². The number of amides is 1. The minimum Gasteiger partial charge on any atom is -0.357 e. The van der Waals surface area contributed by atoms with E-state index in [9.17, 15) is 4.79 Å². The van der Waals surface area contributed by atoms with E-state index in [1.807, 2.05) is 13.1 Å². The number of pyridine rings is 1. The molecule has 3 heterocycles. The Hall–Kier alpha value is -2.88. The lowest BCUT2D eigenvalue weighted by Crippen LogP contribution is -2.38. The van der Waals surface area contributed by atoms with Gasteiger partial charge in [-0.2, -0.15) is 10.4 Å². The van der Waals surface area contributed by atoms with Gasteiger partial charge in [0, 0.05) is 38.4 Å². The molecular formula is C16H18N6O. The minimum absolute atomic E-state index is 0.00448. The molecule has 0 aromatic carbocycles. The minimum atomic E-state index is 0.00448. The third kappa shape index (κ3) is 3.48. The molecule has 0 saturated carbocycles. The first kappa shape index (κ1) is 15.0. The van der Waals surface area contributed by atoms with Crippen LogP contribution in [-0.2, 0) is 11.8 Å². The van der Waals surface area contributed by atoms with Crippen LogP contribution in [0.4, 0.5) is 11.5 Å². The maximum Gasteiger partial charge on any atom is 0.227 e. The smallest absolute Gasteiger partial charge is 0.227 e. The number of carbonyl (C=O) groups excluding carboxylic acids is 1. The van der Waals surface area contributed by atoms with Crippen LogP contribution in [0.5, 0.6) is 0 Å². The van der Waals surface area contributed by atoms with Crippen LogP contribution in [0.25, 0.3) is 0 Å². The van der Waals surface area contributed by atoms with Crippen LogP contribution in [-0.4, -0.2) is 33.8 Å². The number of piperidine rings is 1. The first-order valence-electron chi connectivity index (χ1n) is 7.56. The molecule has 118 valence electrons. The Morgan fingerprint density at radius 2 is 2.13 bits per heavy atom. The van der Waals surface area contributed by atoms with E-state index in [0.29, 0.717) is 5.56 Å². The first-order chi connectivity index (χ1) is 11.2. The molecule has 0 spiro atoms. The molecule has 1 amide bonds. The third-order valence-corrected chi connectivity index (χ3v) is 4.04. The average Bonchev–Trinajstić information content (AvgIpc) is 3.00. The van der Waals surface area contributed by atoms with E-state index in [1.165, 1.54) is 0 Å². The number of nitrogens with one attached hydrogen (secondary N) is 1. The zero-order valence-electron chi connectivity index (χ0n) is 12.9. The summed E-state index contributed by atoms with van der Waals surface area (Å²) in [7, 11) is 1.82. The fraction of sp³-hybridized carbons (Fsp3) is 0.375. The summed E-state index contributed by atoms with van der Waals surface area (Å²) < 4.78 is 1.66. The number of hydrogen-bond acceptors (Lipinski definition) is 5. The highest BCUT2D eigenvalue weighted by Gasteiger charge is 2.25. The topological polar surface area (TPSA) is 86.8 Å². The van der Waals surface area contributed by atoms with Crippen molar-refractivity contribution in [3.63, 3.8) is 0 Å². The summed E-state index contributed by atoms with van der Waals surface area (Å²) in [5, 5.41) is 15.8. The van der Waals surface area contributed by atoms with Crippen LogP contribution < -0.4 is 10.2 Å². The van der Waals surface area contributed by atoms with Gasteiger partial charge in [0.05, 0.1) is 17.4 Å². The van der Waals surface area contributed by atoms with Gasteiger partial charge in [0.2, 0.25) is 5.91 Å². The third-order valence-electron chi connectivity index (χ3n) is 4.04. The first-order valence-corrected chi connectivity index (χ1v) is 7.56. The zero-order valence-corrected chi connectivity index (χ0v) is 12.9. The lowest BCUT2D eigenvalue weighted by Gasteiger charge is -2.32. The molecule has 0 radical (unpaired) electrons. The van der Waals surface area contributed by atoms with Gasteiger partial charge in [0.15, 0.2) is 0 Å². The van der Waals surface area contributed by atoms with Gasteiger partial charge in [-0.15, -0.1) is 0 Å². The van der Waals surface area contributed by atoms with E-state index in [4.69, 9.17) is 5.26 Å². The summed E-state index contributed by atoms with van der Waals surface area (Å²) in [5.41, 5.74) is 1.29. The monoisotopic (exact) mass is 310 g/mol. The SMILES string of the molecule is Cn1cc(NC(=O)C2CCN(c3ccc(C#N)cn3)CC2)cn1. The number of carbonyl (C=O) groups is 1. The highest BCUT2D eigenvalue weighted by atomic mass is 16.1. The van der Waals surface area contributed by atoms with Crippen molar-refractivity contribution in [1.82, 2.24) is 14.8 Å². The number of aromatic nitrogens is 3. The van der Waals surface area contributed by atoms with Gasteiger partial charge in [0.25, 0.3) is 0 Å². The average molecular weight is 310 g/mol. The fourth-order valence-corrected chi connectivity index (χ4v) is 2.74. The quantitative estimate of drug-likeness (QED) is 0.929. The van der Waals surface area contributed by atoms with Crippen molar-refractivity contribution < 1.29 is 4.79 Å². The molecule has 1 aliphatic rings. The van der Waals surface area contributed by atoms with Crippen LogP contribution in [0.3, 0.4) is 0 Å². The molecule has 23 heavy (non-hydrogen) atoms. The van der Waals surface area contributed by atoms with E-state index >= 15 is 0 Å². The molecule has 7 heteroatoms. The Balaban J connectivity index is 1.55. The lowest BCUT2D eigenvalue weighted by molar-refractivity contribution is -0.120. The van der Waals surface area contributed by atoms with Crippen molar-refractivity contribution in [1.29, 1.82) is 5.26 Å². The van der Waals surface area contributed by atoms with Crippen molar-refractivity contribution >= 4 is 17.4 Å². The van der Waals surface area contributed by atoms with Crippen molar-refractivity contribution in [2.75, 3.05) is 23.3 Å². The molecule has 1 saturated heterocycles. The second-order valence-corrected chi connectivity index (χ2v) is 5.67. The molecule has 2 aromatic rings. The van der Waals surface area contributed by atoms with Crippen molar-refractivity contribution in [3.05, 3.63) is 36.3 Å². The number of anilines is 2. The molecule has 0 aliphatic carbocycles. The summed E-state index contributed by atoms with van der Waals surface area (Å²) in [5.74, 6) is 0.908. The summed E-state index contributed by atoms with van der Waals surface area (Å²) >= 11 is 0. The van der Waals surface area contributed by atoms with Crippen LogP contribution in [0, 0.1) is 17.2 Å². The number of nitrogens with zero attached hydrogens (tertiary/aromatic N) is 5. The van der Waals surface area contributed by atoms with Crippen LogP contribution in [0.2, 0.25) is 0 Å².